The van der Waals surface area contributed by atoms with Crippen LogP contribution in [0.3, 0.4) is 0 Å². The van der Waals surface area contributed by atoms with Crippen molar-refractivity contribution in [2.75, 3.05) is 19.6 Å². The van der Waals surface area contributed by atoms with E-state index in [1.807, 2.05) is 0 Å². The molecule has 0 aromatic heterocycles. The number of aliphatic carboxylic acids is 1. The number of nitrogens with two attached hydrogens (primary N) is 4. The first-order valence-corrected chi connectivity index (χ1v) is 14.0. The Kier molecular flexibility index (Phi) is 16.9. The maximum atomic E-state index is 13.5. The molecule has 16 nitrogen and oxygen atoms in total. The predicted molar refractivity (Wildman–Crippen MR) is 159 cm³/mol. The molecule has 240 valence electrons. The number of hydrogen-bond donors (Lipinski definition) is 10. The molecule has 43 heavy (non-hydrogen) atoms. The highest BCUT2D eigenvalue weighted by Crippen LogP contribution is 2.08. The monoisotopic (exact) mass is 607 g/mol. The van der Waals surface area contributed by atoms with Gasteiger partial charge in [-0.15, -0.1) is 0 Å². The molecule has 0 heterocycles. The van der Waals surface area contributed by atoms with Crippen LogP contribution in [-0.2, 0) is 30.4 Å². The third kappa shape index (κ3) is 14.4. The van der Waals surface area contributed by atoms with Crippen LogP contribution in [0, 0.1) is 0 Å². The van der Waals surface area contributed by atoms with Crippen LogP contribution in [0.2, 0.25) is 0 Å². The van der Waals surface area contributed by atoms with Crippen LogP contribution in [0.5, 0.6) is 0 Å². The fraction of sp³-hybridized carbons (Fsp3) is 0.556. The first kappa shape index (κ1) is 36.7. The first-order chi connectivity index (χ1) is 20.4. The van der Waals surface area contributed by atoms with Gasteiger partial charge in [0.2, 0.25) is 23.6 Å². The molecule has 1 aromatic rings. The summed E-state index contributed by atoms with van der Waals surface area (Å²) in [6, 6.07) is 3.58. The third-order valence-corrected chi connectivity index (χ3v) is 6.32. The van der Waals surface area contributed by atoms with Gasteiger partial charge in [-0.05, 0) is 51.1 Å². The van der Waals surface area contributed by atoms with Gasteiger partial charge in [-0.25, -0.2) is 4.79 Å². The van der Waals surface area contributed by atoms with Gasteiger partial charge >= 0.3 is 5.97 Å². The van der Waals surface area contributed by atoms with E-state index in [1.54, 1.807) is 30.3 Å². The SMILES string of the molecule is C[C@@H](O)[C@H](NC(=O)[C@H](Cc1ccccc1)NC(=O)[C@H](CCCN=C(N)N)NC(=O)[C@H](CCCCN)NC(=O)CN)C(=O)O. The molecule has 0 aliphatic carbocycles. The Labute approximate surface area is 250 Å². The molecule has 16 heteroatoms. The number of nitrogens with zero attached hydrogens (tertiary/aromatic N) is 1. The summed E-state index contributed by atoms with van der Waals surface area (Å²) in [5.74, 6) is -4.43. The lowest BCUT2D eigenvalue weighted by molar-refractivity contribution is -0.145. The van der Waals surface area contributed by atoms with Gasteiger partial charge in [0.15, 0.2) is 12.0 Å². The summed E-state index contributed by atoms with van der Waals surface area (Å²) in [6.07, 6.45) is 0.247. The van der Waals surface area contributed by atoms with Gasteiger partial charge < -0.3 is 54.4 Å². The Bertz CT molecular complexity index is 1080. The Morgan fingerprint density at radius 1 is 0.814 bits per heavy atom. The second kappa shape index (κ2) is 19.8. The van der Waals surface area contributed by atoms with Crippen LogP contribution in [0.15, 0.2) is 35.3 Å². The van der Waals surface area contributed by atoms with Crippen molar-refractivity contribution in [1.29, 1.82) is 0 Å². The summed E-state index contributed by atoms with van der Waals surface area (Å²) in [6.45, 7) is 1.40. The molecule has 0 unspecified atom stereocenters. The lowest BCUT2D eigenvalue weighted by Gasteiger charge is -2.26. The minimum absolute atomic E-state index is 0.0203. The third-order valence-electron chi connectivity index (χ3n) is 6.32. The second-order valence-corrected chi connectivity index (χ2v) is 9.93. The fourth-order valence-corrected chi connectivity index (χ4v) is 4.03. The number of aliphatic imine (C=N–C) groups is 1. The number of carboxylic acid groups (broad SMARTS) is 1. The van der Waals surface area contributed by atoms with Crippen molar-refractivity contribution in [2.24, 2.45) is 27.9 Å². The van der Waals surface area contributed by atoms with Gasteiger partial charge in [0.1, 0.15) is 18.1 Å². The van der Waals surface area contributed by atoms with Crippen molar-refractivity contribution >= 4 is 35.6 Å². The van der Waals surface area contributed by atoms with E-state index in [1.165, 1.54) is 6.92 Å². The molecule has 4 amide bonds. The first-order valence-electron chi connectivity index (χ1n) is 14.0. The lowest BCUT2D eigenvalue weighted by atomic mass is 10.0. The highest BCUT2D eigenvalue weighted by molar-refractivity contribution is 5.95. The molecule has 5 atom stereocenters. The summed E-state index contributed by atoms with van der Waals surface area (Å²) in [5.41, 5.74) is 22.4. The molecule has 1 rings (SSSR count). The minimum Gasteiger partial charge on any atom is -0.480 e. The number of guanidine groups is 1. The molecule has 0 radical (unpaired) electrons. The zero-order valence-corrected chi connectivity index (χ0v) is 24.3. The number of unbranched alkanes of at least 4 members (excludes halogenated alkanes) is 1. The van der Waals surface area contributed by atoms with E-state index >= 15 is 0 Å². The van der Waals surface area contributed by atoms with E-state index in [9.17, 15) is 34.2 Å². The van der Waals surface area contributed by atoms with E-state index in [2.05, 4.69) is 26.3 Å². The molecular weight excluding hydrogens is 562 g/mol. The van der Waals surface area contributed by atoms with Crippen LogP contribution >= 0.6 is 0 Å². The number of carbonyl (C=O) groups excluding carboxylic acids is 4. The van der Waals surface area contributed by atoms with Crippen molar-refractivity contribution in [2.45, 2.75) is 75.7 Å². The van der Waals surface area contributed by atoms with Gasteiger partial charge in [0, 0.05) is 13.0 Å². The topological polar surface area (TPSA) is 290 Å². The maximum absolute atomic E-state index is 13.5. The predicted octanol–water partition coefficient (Wildman–Crippen LogP) is -3.23. The smallest absolute Gasteiger partial charge is 0.328 e. The molecule has 0 aliphatic rings. The van der Waals surface area contributed by atoms with Crippen LogP contribution in [-0.4, -0.2) is 95.7 Å². The van der Waals surface area contributed by atoms with Crippen LogP contribution < -0.4 is 44.2 Å². The van der Waals surface area contributed by atoms with E-state index < -0.39 is 59.9 Å². The minimum atomic E-state index is -1.63. The van der Waals surface area contributed by atoms with Crippen LogP contribution in [0.4, 0.5) is 0 Å². The highest BCUT2D eigenvalue weighted by Gasteiger charge is 2.32. The number of nitrogens with one attached hydrogen (secondary N) is 4. The van der Waals surface area contributed by atoms with E-state index in [0.717, 1.165) is 0 Å². The van der Waals surface area contributed by atoms with Crippen LogP contribution in [0.25, 0.3) is 0 Å². The van der Waals surface area contributed by atoms with Gasteiger partial charge in [0.25, 0.3) is 0 Å². The van der Waals surface area contributed by atoms with Crippen molar-refractivity contribution < 1.29 is 34.2 Å². The number of aliphatic hydroxyl groups is 1. The number of carbonyl (C=O) groups is 5. The Balaban J connectivity index is 3.25. The molecule has 0 saturated carbocycles. The summed E-state index contributed by atoms with van der Waals surface area (Å²) in [7, 11) is 0. The van der Waals surface area contributed by atoms with Crippen molar-refractivity contribution in [3.63, 3.8) is 0 Å². The second-order valence-electron chi connectivity index (χ2n) is 9.93. The zero-order chi connectivity index (χ0) is 32.4. The molecule has 0 spiro atoms. The largest absolute Gasteiger partial charge is 0.480 e. The fourth-order valence-electron chi connectivity index (χ4n) is 4.03. The summed E-state index contributed by atoms with van der Waals surface area (Å²) in [5, 5.41) is 29.3. The van der Waals surface area contributed by atoms with Crippen molar-refractivity contribution in [3.8, 4) is 0 Å². The van der Waals surface area contributed by atoms with E-state index in [-0.39, 0.29) is 44.7 Å². The number of hydrogen-bond acceptors (Lipinski definition) is 9. The number of amides is 4. The lowest BCUT2D eigenvalue weighted by Crippen LogP contribution is -2.59. The zero-order valence-electron chi connectivity index (χ0n) is 24.3. The van der Waals surface area contributed by atoms with Gasteiger partial charge in [0.05, 0.1) is 12.6 Å². The summed E-state index contributed by atoms with van der Waals surface area (Å²) in [4.78, 5) is 67.4. The Morgan fingerprint density at radius 3 is 1.91 bits per heavy atom. The van der Waals surface area contributed by atoms with Gasteiger partial charge in [-0.3, -0.25) is 24.2 Å². The van der Waals surface area contributed by atoms with Gasteiger partial charge in [-0.2, -0.15) is 0 Å². The molecule has 0 fully saturated rings. The van der Waals surface area contributed by atoms with E-state index in [0.29, 0.717) is 24.9 Å². The standard InChI is InChI=1S/C27H45N9O7/c1-16(37)22(26(42)43)36-25(41)20(14-17-8-3-2-4-9-17)35-24(40)19(11-7-13-32-27(30)31)34-23(39)18(10-5-6-12-28)33-21(38)15-29/h2-4,8-9,16,18-20,22,37H,5-7,10-15,28-29H2,1H3,(H,33,38)(H,34,39)(H,35,40)(H,36,41)(H,42,43)(H4,30,31,32)/t16-,18+,19+,20+,22+/m1/s1. The summed E-state index contributed by atoms with van der Waals surface area (Å²) >= 11 is 0. The number of carboxylic acids is 1. The average Bonchev–Trinajstić information content (AvgIpc) is 2.96. The molecular formula is C27H45N9O7. The molecule has 1 aromatic carbocycles. The number of benzene rings is 1. The Morgan fingerprint density at radius 2 is 1.37 bits per heavy atom. The molecule has 0 aliphatic heterocycles. The van der Waals surface area contributed by atoms with E-state index in [4.69, 9.17) is 22.9 Å². The van der Waals surface area contributed by atoms with Crippen molar-refractivity contribution in [1.82, 2.24) is 21.3 Å². The quantitative estimate of drug-likeness (QED) is 0.0399. The summed E-state index contributed by atoms with van der Waals surface area (Å²) < 4.78 is 0. The molecule has 0 bridgehead atoms. The highest BCUT2D eigenvalue weighted by atomic mass is 16.4. The van der Waals surface area contributed by atoms with Crippen LogP contribution in [0.1, 0.15) is 44.6 Å². The van der Waals surface area contributed by atoms with Crippen molar-refractivity contribution in [3.05, 3.63) is 35.9 Å². The normalized spacial score (nSPS) is 14.2. The molecule has 14 N–H and O–H groups in total. The maximum Gasteiger partial charge on any atom is 0.328 e. The number of rotatable bonds is 20. The molecule has 0 saturated heterocycles. The average molecular weight is 608 g/mol. The Hall–Kier alpha value is -4.28. The van der Waals surface area contributed by atoms with Gasteiger partial charge in [-0.1, -0.05) is 30.3 Å². The number of aliphatic hydroxyl groups excluding tert-OH is 1.